The normalized spacial score (nSPS) is 18.7. The smallest absolute Gasteiger partial charge is 0.357 e. The molecule has 18 heavy (non-hydrogen) atoms. The molecule has 2 heterocycles. The molecule has 92 valence electrons. The number of aromatic nitrogens is 2. The molecular formula is C12H12N4O2. The number of rotatable bonds is 2. The van der Waals surface area contributed by atoms with E-state index in [2.05, 4.69) is 20.5 Å². The molecule has 0 saturated heterocycles. The number of benzene rings is 1. The first-order chi connectivity index (χ1) is 8.65. The molecular weight excluding hydrogens is 232 g/mol. The molecule has 2 aromatic rings. The summed E-state index contributed by atoms with van der Waals surface area (Å²) < 4.78 is 0. The van der Waals surface area contributed by atoms with Gasteiger partial charge < -0.3 is 10.4 Å². The van der Waals surface area contributed by atoms with Gasteiger partial charge >= 0.3 is 5.97 Å². The average Bonchev–Trinajstić information content (AvgIpc) is 2.93. The Hall–Kier alpha value is -2.37. The molecule has 0 fully saturated rings. The maximum Gasteiger partial charge on any atom is 0.357 e. The van der Waals surface area contributed by atoms with Crippen molar-refractivity contribution in [3.63, 3.8) is 0 Å². The second-order valence-corrected chi connectivity index (χ2v) is 4.35. The van der Waals surface area contributed by atoms with Gasteiger partial charge in [-0.15, -0.1) is 0 Å². The molecule has 0 radical (unpaired) electrons. The minimum atomic E-state index is -1.03. The largest absolute Gasteiger partial charge is 0.476 e. The van der Waals surface area contributed by atoms with E-state index < -0.39 is 5.97 Å². The fourth-order valence-electron chi connectivity index (χ4n) is 2.06. The zero-order valence-electron chi connectivity index (χ0n) is 9.77. The van der Waals surface area contributed by atoms with E-state index in [1.165, 1.54) is 0 Å². The van der Waals surface area contributed by atoms with Crippen molar-refractivity contribution in [2.45, 2.75) is 13.0 Å². The highest BCUT2D eigenvalue weighted by molar-refractivity contribution is 6.05. The molecule has 1 aromatic carbocycles. The minimum Gasteiger partial charge on any atom is -0.476 e. The van der Waals surface area contributed by atoms with Crippen LogP contribution in [-0.4, -0.2) is 39.7 Å². The Bertz CT molecular complexity index is 659. The van der Waals surface area contributed by atoms with Crippen molar-refractivity contribution >= 4 is 22.7 Å². The molecule has 1 aliphatic rings. The first-order valence-corrected chi connectivity index (χ1v) is 5.68. The van der Waals surface area contributed by atoms with E-state index in [0.29, 0.717) is 10.9 Å². The van der Waals surface area contributed by atoms with Gasteiger partial charge in [-0.25, -0.2) is 4.79 Å². The van der Waals surface area contributed by atoms with Crippen LogP contribution in [-0.2, 0) is 0 Å². The number of carbonyl (C=O) groups is 1. The van der Waals surface area contributed by atoms with Crippen molar-refractivity contribution < 1.29 is 9.90 Å². The van der Waals surface area contributed by atoms with Gasteiger partial charge in [-0.1, -0.05) is 6.07 Å². The Morgan fingerprint density at radius 2 is 2.33 bits per heavy atom. The standard InChI is InChI=1S/C12H12N4O2/c1-6-5-13-11(14-6)7-2-3-8-9(4-7)15-16-10(8)12(17)18/h2-4,6H,5H2,1H3,(H,13,14)(H,15,16)(H,17,18). The van der Waals surface area contributed by atoms with E-state index in [-0.39, 0.29) is 11.7 Å². The predicted octanol–water partition coefficient (Wildman–Crippen LogP) is 0.999. The van der Waals surface area contributed by atoms with Gasteiger partial charge in [0.05, 0.1) is 11.6 Å². The number of aromatic amines is 1. The topological polar surface area (TPSA) is 90.4 Å². The van der Waals surface area contributed by atoms with E-state index >= 15 is 0 Å². The number of aliphatic imine (C=N–C) groups is 1. The molecule has 3 N–H and O–H groups in total. The minimum absolute atomic E-state index is 0.0474. The lowest BCUT2D eigenvalue weighted by atomic mass is 10.1. The second kappa shape index (κ2) is 3.83. The molecule has 0 saturated carbocycles. The molecule has 0 aliphatic carbocycles. The molecule has 6 heteroatoms. The molecule has 1 atom stereocenters. The number of nitrogens with one attached hydrogen (secondary N) is 2. The number of H-pyrrole nitrogens is 1. The Morgan fingerprint density at radius 3 is 3.00 bits per heavy atom. The summed E-state index contributed by atoms with van der Waals surface area (Å²) in [4.78, 5) is 15.4. The van der Waals surface area contributed by atoms with Gasteiger partial charge in [0, 0.05) is 17.5 Å². The van der Waals surface area contributed by atoms with Crippen molar-refractivity contribution in [1.29, 1.82) is 0 Å². The van der Waals surface area contributed by atoms with Gasteiger partial charge in [0.2, 0.25) is 0 Å². The molecule has 0 bridgehead atoms. The molecule has 0 amide bonds. The number of hydrogen-bond donors (Lipinski definition) is 3. The number of hydrogen-bond acceptors (Lipinski definition) is 4. The maximum absolute atomic E-state index is 10.9. The lowest BCUT2D eigenvalue weighted by Crippen LogP contribution is -2.20. The third-order valence-electron chi connectivity index (χ3n) is 2.95. The predicted molar refractivity (Wildman–Crippen MR) is 67.1 cm³/mol. The van der Waals surface area contributed by atoms with E-state index in [4.69, 9.17) is 5.11 Å². The monoisotopic (exact) mass is 244 g/mol. The number of carboxylic acid groups (broad SMARTS) is 1. The van der Waals surface area contributed by atoms with Crippen molar-refractivity contribution in [3.8, 4) is 0 Å². The fraction of sp³-hybridized carbons (Fsp3) is 0.250. The van der Waals surface area contributed by atoms with Gasteiger partial charge in [-0.3, -0.25) is 10.1 Å². The summed E-state index contributed by atoms with van der Waals surface area (Å²) in [7, 11) is 0. The van der Waals surface area contributed by atoms with Gasteiger partial charge in [0.15, 0.2) is 5.69 Å². The van der Waals surface area contributed by atoms with Crippen LogP contribution in [0.4, 0.5) is 0 Å². The van der Waals surface area contributed by atoms with Gasteiger partial charge in [-0.05, 0) is 19.1 Å². The SMILES string of the molecule is CC1CNC(c2ccc3c(C(=O)O)n[nH]c3c2)=N1. The van der Waals surface area contributed by atoms with Crippen LogP contribution >= 0.6 is 0 Å². The summed E-state index contributed by atoms with van der Waals surface area (Å²) in [6, 6.07) is 5.74. The number of fused-ring (bicyclic) bond motifs is 1. The van der Waals surface area contributed by atoms with E-state index in [1.807, 2.05) is 19.1 Å². The number of amidine groups is 1. The first-order valence-electron chi connectivity index (χ1n) is 5.68. The van der Waals surface area contributed by atoms with Crippen LogP contribution in [0, 0.1) is 0 Å². The van der Waals surface area contributed by atoms with Crippen LogP contribution < -0.4 is 5.32 Å². The lowest BCUT2D eigenvalue weighted by molar-refractivity contribution is 0.0692. The van der Waals surface area contributed by atoms with Crippen LogP contribution in [0.3, 0.4) is 0 Å². The fourth-order valence-corrected chi connectivity index (χ4v) is 2.06. The summed E-state index contributed by atoms with van der Waals surface area (Å²) >= 11 is 0. The van der Waals surface area contributed by atoms with E-state index in [9.17, 15) is 4.79 Å². The Kier molecular flexibility index (Phi) is 2.29. The lowest BCUT2D eigenvalue weighted by Gasteiger charge is -2.01. The number of carboxylic acids is 1. The molecule has 3 rings (SSSR count). The summed E-state index contributed by atoms with van der Waals surface area (Å²) in [5, 5.41) is 19.3. The summed E-state index contributed by atoms with van der Waals surface area (Å²) in [5.74, 6) is -0.185. The quantitative estimate of drug-likeness (QED) is 0.735. The van der Waals surface area contributed by atoms with E-state index in [0.717, 1.165) is 17.9 Å². The highest BCUT2D eigenvalue weighted by Crippen LogP contribution is 2.18. The van der Waals surface area contributed by atoms with E-state index in [1.54, 1.807) is 6.07 Å². The van der Waals surface area contributed by atoms with Crippen LogP contribution in [0.2, 0.25) is 0 Å². The van der Waals surface area contributed by atoms with Crippen LogP contribution in [0.1, 0.15) is 23.0 Å². The van der Waals surface area contributed by atoms with Gasteiger partial charge in [-0.2, -0.15) is 5.10 Å². The molecule has 1 aliphatic heterocycles. The van der Waals surface area contributed by atoms with Crippen molar-refractivity contribution in [2.75, 3.05) is 6.54 Å². The van der Waals surface area contributed by atoms with Crippen LogP contribution in [0.5, 0.6) is 0 Å². The summed E-state index contributed by atoms with van der Waals surface area (Å²) in [5.41, 5.74) is 1.69. The number of aromatic carboxylic acids is 1. The van der Waals surface area contributed by atoms with Crippen molar-refractivity contribution in [3.05, 3.63) is 29.5 Å². The average molecular weight is 244 g/mol. The highest BCUT2D eigenvalue weighted by Gasteiger charge is 2.16. The zero-order chi connectivity index (χ0) is 12.7. The summed E-state index contributed by atoms with van der Waals surface area (Å²) in [6.07, 6.45) is 0. The van der Waals surface area contributed by atoms with Crippen molar-refractivity contribution in [1.82, 2.24) is 15.5 Å². The van der Waals surface area contributed by atoms with Crippen molar-refractivity contribution in [2.24, 2.45) is 4.99 Å². The third kappa shape index (κ3) is 1.62. The van der Waals surface area contributed by atoms with Gasteiger partial charge in [0.1, 0.15) is 5.84 Å². The third-order valence-corrected chi connectivity index (χ3v) is 2.95. The zero-order valence-corrected chi connectivity index (χ0v) is 9.77. The molecule has 1 aromatic heterocycles. The van der Waals surface area contributed by atoms with Gasteiger partial charge in [0.25, 0.3) is 0 Å². The Morgan fingerprint density at radius 1 is 1.50 bits per heavy atom. The second-order valence-electron chi connectivity index (χ2n) is 4.35. The summed E-state index contributed by atoms with van der Waals surface area (Å²) in [6.45, 7) is 2.87. The highest BCUT2D eigenvalue weighted by atomic mass is 16.4. The maximum atomic E-state index is 10.9. The first kappa shape index (κ1) is 10.8. The molecule has 1 unspecified atom stereocenters. The van der Waals surface area contributed by atoms with Crippen LogP contribution in [0.15, 0.2) is 23.2 Å². The number of nitrogens with zero attached hydrogens (tertiary/aromatic N) is 2. The van der Waals surface area contributed by atoms with Crippen LogP contribution in [0.25, 0.3) is 10.9 Å². The molecule has 0 spiro atoms. The Labute approximate surface area is 103 Å². The Balaban J connectivity index is 2.07. The molecule has 6 nitrogen and oxygen atoms in total.